The molecule has 1 aliphatic heterocycles. The number of ether oxygens (including phenoxy) is 1. The molecule has 3 rings (SSSR count). The lowest BCUT2D eigenvalue weighted by Gasteiger charge is -2.32. The largest absolute Gasteiger partial charge is 0.493 e. The van der Waals surface area contributed by atoms with E-state index in [4.69, 9.17) is 4.74 Å². The van der Waals surface area contributed by atoms with E-state index in [0.29, 0.717) is 31.2 Å². The summed E-state index contributed by atoms with van der Waals surface area (Å²) in [6.45, 7) is 6.56. The summed E-state index contributed by atoms with van der Waals surface area (Å²) in [5, 5.41) is 0. The third kappa shape index (κ3) is 4.34. The first-order valence-corrected chi connectivity index (χ1v) is 9.26. The van der Waals surface area contributed by atoms with Gasteiger partial charge in [0.1, 0.15) is 5.75 Å². The number of carbonyl (C=O) groups excluding carboxylic acids is 1. The average molecular weight is 354 g/mol. The Labute approximate surface area is 154 Å². The molecule has 1 saturated heterocycles. The van der Waals surface area contributed by atoms with Crippen molar-refractivity contribution in [1.82, 2.24) is 9.47 Å². The van der Waals surface area contributed by atoms with Crippen LogP contribution >= 0.6 is 0 Å². The van der Waals surface area contributed by atoms with Crippen LogP contribution in [0.15, 0.2) is 47.4 Å². The van der Waals surface area contributed by atoms with Gasteiger partial charge in [-0.1, -0.05) is 12.1 Å². The first-order chi connectivity index (χ1) is 12.6. The predicted octanol–water partition coefficient (Wildman–Crippen LogP) is 3.11. The predicted molar refractivity (Wildman–Crippen MR) is 102 cm³/mol. The van der Waals surface area contributed by atoms with Crippen LogP contribution in [0.1, 0.15) is 35.7 Å². The van der Waals surface area contributed by atoms with Crippen LogP contribution < -0.4 is 10.3 Å². The van der Waals surface area contributed by atoms with E-state index in [-0.39, 0.29) is 11.5 Å². The number of amides is 1. The van der Waals surface area contributed by atoms with Gasteiger partial charge in [-0.25, -0.2) is 0 Å². The molecule has 5 nitrogen and oxygen atoms in total. The maximum absolute atomic E-state index is 12.8. The Morgan fingerprint density at radius 1 is 1.27 bits per heavy atom. The molecule has 1 fully saturated rings. The number of nitrogens with zero attached hydrogens (tertiary/aromatic N) is 2. The highest BCUT2D eigenvalue weighted by atomic mass is 16.5. The van der Waals surface area contributed by atoms with Crippen LogP contribution in [0.25, 0.3) is 0 Å². The summed E-state index contributed by atoms with van der Waals surface area (Å²) in [4.78, 5) is 26.6. The summed E-state index contributed by atoms with van der Waals surface area (Å²) in [5.74, 6) is 1.12. The smallest absolute Gasteiger partial charge is 0.254 e. The minimum absolute atomic E-state index is 0.0643. The molecule has 1 aliphatic rings. The number of aromatic nitrogens is 1. The van der Waals surface area contributed by atoms with Gasteiger partial charge in [0.05, 0.1) is 6.61 Å². The number of rotatable bonds is 5. The Morgan fingerprint density at radius 2 is 2.12 bits per heavy atom. The molecule has 0 radical (unpaired) electrons. The second kappa shape index (κ2) is 8.21. The molecule has 0 N–H and O–H groups in total. The third-order valence-electron chi connectivity index (χ3n) is 4.87. The Balaban J connectivity index is 1.61. The zero-order chi connectivity index (χ0) is 18.5. The average Bonchev–Trinajstić information content (AvgIpc) is 2.66. The van der Waals surface area contributed by atoms with Crippen molar-refractivity contribution in [2.45, 2.75) is 33.2 Å². The molecule has 1 unspecified atom stereocenters. The zero-order valence-corrected chi connectivity index (χ0v) is 15.5. The molecule has 138 valence electrons. The monoisotopic (exact) mass is 354 g/mol. The molecule has 2 aromatic rings. The summed E-state index contributed by atoms with van der Waals surface area (Å²) in [6.07, 6.45) is 3.70. The van der Waals surface area contributed by atoms with Crippen molar-refractivity contribution in [2.24, 2.45) is 5.92 Å². The summed E-state index contributed by atoms with van der Waals surface area (Å²) in [6, 6.07) is 11.2. The van der Waals surface area contributed by atoms with Gasteiger partial charge < -0.3 is 14.2 Å². The number of aryl methyl sites for hydroxylation is 2. The van der Waals surface area contributed by atoms with E-state index in [1.54, 1.807) is 16.8 Å². The van der Waals surface area contributed by atoms with E-state index < -0.39 is 0 Å². The second-order valence-corrected chi connectivity index (χ2v) is 6.93. The number of piperidine rings is 1. The van der Waals surface area contributed by atoms with Crippen molar-refractivity contribution in [2.75, 3.05) is 19.7 Å². The van der Waals surface area contributed by atoms with Crippen molar-refractivity contribution < 1.29 is 9.53 Å². The highest BCUT2D eigenvalue weighted by Gasteiger charge is 2.25. The first kappa shape index (κ1) is 18.2. The number of likely N-dealkylation sites (tertiary alicyclic amines) is 1. The topological polar surface area (TPSA) is 51.5 Å². The molecule has 1 aromatic heterocycles. The normalized spacial score (nSPS) is 17.2. The quantitative estimate of drug-likeness (QED) is 0.829. The molecule has 1 atom stereocenters. The fourth-order valence-corrected chi connectivity index (χ4v) is 3.39. The lowest BCUT2D eigenvalue weighted by Crippen LogP contribution is -2.42. The zero-order valence-electron chi connectivity index (χ0n) is 15.5. The number of hydrogen-bond donors (Lipinski definition) is 0. The maximum atomic E-state index is 12.8. The van der Waals surface area contributed by atoms with Gasteiger partial charge in [0.25, 0.3) is 11.5 Å². The molecule has 5 heteroatoms. The SMILES string of the molecule is CCn1ccc(C(=O)N2CCCC(COc3cccc(C)c3)C2)cc1=O. The Hall–Kier alpha value is -2.56. The van der Waals surface area contributed by atoms with Crippen LogP contribution in [0.5, 0.6) is 5.75 Å². The third-order valence-corrected chi connectivity index (χ3v) is 4.87. The van der Waals surface area contributed by atoms with Gasteiger partial charge in [-0.15, -0.1) is 0 Å². The van der Waals surface area contributed by atoms with E-state index in [1.807, 2.05) is 43.0 Å². The van der Waals surface area contributed by atoms with Gasteiger partial charge in [-0.05, 0) is 50.5 Å². The van der Waals surface area contributed by atoms with Crippen molar-refractivity contribution in [3.8, 4) is 5.75 Å². The standard InChI is InChI=1S/C21H26N2O3/c1-3-22-11-9-18(13-20(22)24)21(25)23-10-5-7-17(14-23)15-26-19-8-4-6-16(2)12-19/h4,6,8-9,11-13,17H,3,5,7,10,14-15H2,1-2H3. The van der Waals surface area contributed by atoms with Crippen molar-refractivity contribution in [3.63, 3.8) is 0 Å². The molecule has 1 aromatic carbocycles. The lowest BCUT2D eigenvalue weighted by atomic mass is 9.98. The van der Waals surface area contributed by atoms with Gasteiger partial charge in [-0.3, -0.25) is 9.59 Å². The first-order valence-electron chi connectivity index (χ1n) is 9.26. The minimum atomic E-state index is -0.130. The van der Waals surface area contributed by atoms with Gasteiger partial charge in [0, 0.05) is 43.4 Å². The molecule has 2 heterocycles. The number of carbonyl (C=O) groups is 1. The van der Waals surface area contributed by atoms with Gasteiger partial charge in [0.2, 0.25) is 0 Å². The Bertz CT molecular complexity index is 828. The van der Waals surface area contributed by atoms with Gasteiger partial charge in [-0.2, -0.15) is 0 Å². The highest BCUT2D eigenvalue weighted by Crippen LogP contribution is 2.20. The van der Waals surface area contributed by atoms with Crippen molar-refractivity contribution in [1.29, 1.82) is 0 Å². The van der Waals surface area contributed by atoms with E-state index >= 15 is 0 Å². The molecule has 0 spiro atoms. The van der Waals surface area contributed by atoms with Crippen LogP contribution in [0.4, 0.5) is 0 Å². The number of benzene rings is 1. The van der Waals surface area contributed by atoms with E-state index in [2.05, 4.69) is 0 Å². The van der Waals surface area contributed by atoms with E-state index in [9.17, 15) is 9.59 Å². The Kier molecular flexibility index (Phi) is 5.76. The van der Waals surface area contributed by atoms with E-state index in [1.165, 1.54) is 11.6 Å². The fraction of sp³-hybridized carbons (Fsp3) is 0.429. The number of pyridine rings is 1. The molecule has 1 amide bonds. The Morgan fingerprint density at radius 3 is 2.85 bits per heavy atom. The second-order valence-electron chi connectivity index (χ2n) is 6.93. The van der Waals surface area contributed by atoms with Crippen LogP contribution in [0, 0.1) is 12.8 Å². The van der Waals surface area contributed by atoms with Crippen LogP contribution in [-0.2, 0) is 6.54 Å². The van der Waals surface area contributed by atoms with Crippen molar-refractivity contribution in [3.05, 3.63) is 64.1 Å². The molecular weight excluding hydrogens is 328 g/mol. The lowest BCUT2D eigenvalue weighted by molar-refractivity contribution is 0.0633. The minimum Gasteiger partial charge on any atom is -0.493 e. The van der Waals surface area contributed by atoms with Crippen LogP contribution in [0.3, 0.4) is 0 Å². The summed E-state index contributed by atoms with van der Waals surface area (Å²) < 4.78 is 7.51. The highest BCUT2D eigenvalue weighted by molar-refractivity contribution is 5.94. The summed E-state index contributed by atoms with van der Waals surface area (Å²) >= 11 is 0. The van der Waals surface area contributed by atoms with Gasteiger partial charge in [0.15, 0.2) is 0 Å². The van der Waals surface area contributed by atoms with Gasteiger partial charge >= 0.3 is 0 Å². The van der Waals surface area contributed by atoms with Crippen LogP contribution in [-0.4, -0.2) is 35.1 Å². The fourth-order valence-electron chi connectivity index (χ4n) is 3.39. The summed E-state index contributed by atoms with van der Waals surface area (Å²) in [5.41, 5.74) is 1.51. The van der Waals surface area contributed by atoms with E-state index in [0.717, 1.165) is 25.1 Å². The van der Waals surface area contributed by atoms with Crippen LogP contribution in [0.2, 0.25) is 0 Å². The number of hydrogen-bond acceptors (Lipinski definition) is 3. The maximum Gasteiger partial charge on any atom is 0.254 e. The molecule has 0 bridgehead atoms. The summed E-state index contributed by atoms with van der Waals surface area (Å²) in [7, 11) is 0. The van der Waals surface area contributed by atoms with Crippen molar-refractivity contribution >= 4 is 5.91 Å². The molecule has 0 saturated carbocycles. The molecular formula is C21H26N2O3. The molecule has 26 heavy (non-hydrogen) atoms. The molecule has 0 aliphatic carbocycles.